The first-order valence-corrected chi connectivity index (χ1v) is 3.99. The fourth-order valence-corrected chi connectivity index (χ4v) is 1.03. The average molecular weight is 187 g/mol. The van der Waals surface area contributed by atoms with Crippen molar-refractivity contribution in [2.75, 3.05) is 13.3 Å². The Bertz CT molecular complexity index is 278. The van der Waals surface area contributed by atoms with Crippen LogP contribution in [0.3, 0.4) is 0 Å². The van der Waals surface area contributed by atoms with Gasteiger partial charge in [-0.25, -0.2) is 8.78 Å². The lowest BCUT2D eigenvalue weighted by atomic mass is 10.1. The second-order valence-electron chi connectivity index (χ2n) is 2.64. The highest BCUT2D eigenvalue weighted by atomic mass is 19.1. The molecule has 0 aromatic heterocycles. The van der Waals surface area contributed by atoms with Gasteiger partial charge in [0.05, 0.1) is 6.73 Å². The highest BCUT2D eigenvalue weighted by Gasteiger charge is 2.02. The smallest absolute Gasteiger partial charge is 0.129 e. The summed E-state index contributed by atoms with van der Waals surface area (Å²) in [6.45, 7) is 0.335. The van der Waals surface area contributed by atoms with Crippen molar-refractivity contribution in [3.63, 3.8) is 0 Å². The molecule has 72 valence electrons. The number of nitrogens with one attached hydrogen (secondary N) is 1. The lowest BCUT2D eigenvalue weighted by Crippen LogP contribution is -2.18. The predicted octanol–water partition coefficient (Wildman–Crippen LogP) is 1.05. The van der Waals surface area contributed by atoms with Crippen molar-refractivity contribution in [2.24, 2.45) is 0 Å². The molecule has 0 amide bonds. The number of benzene rings is 1. The molecule has 1 rings (SSSR count). The molecule has 0 saturated carbocycles. The molecule has 0 aliphatic heterocycles. The maximum Gasteiger partial charge on any atom is 0.129 e. The lowest BCUT2D eigenvalue weighted by molar-refractivity contribution is 0.262. The minimum Gasteiger partial charge on any atom is -0.381 e. The Morgan fingerprint density at radius 2 is 2.08 bits per heavy atom. The Balaban J connectivity index is 2.56. The largest absolute Gasteiger partial charge is 0.381 e. The molecule has 1 aromatic rings. The van der Waals surface area contributed by atoms with E-state index in [1.165, 1.54) is 12.1 Å². The zero-order chi connectivity index (χ0) is 9.68. The van der Waals surface area contributed by atoms with Crippen LogP contribution < -0.4 is 5.32 Å². The molecular formula is C9H11F2NO. The van der Waals surface area contributed by atoms with E-state index in [1.807, 2.05) is 0 Å². The van der Waals surface area contributed by atoms with Gasteiger partial charge in [-0.1, -0.05) is 6.07 Å². The van der Waals surface area contributed by atoms with Crippen LogP contribution in [-0.2, 0) is 6.42 Å². The quantitative estimate of drug-likeness (QED) is 0.545. The van der Waals surface area contributed by atoms with E-state index in [0.29, 0.717) is 18.5 Å². The summed E-state index contributed by atoms with van der Waals surface area (Å²) in [6.07, 6.45) is 0.437. The molecule has 0 fully saturated rings. The van der Waals surface area contributed by atoms with Crippen LogP contribution in [0.15, 0.2) is 18.2 Å². The van der Waals surface area contributed by atoms with E-state index in [2.05, 4.69) is 5.32 Å². The van der Waals surface area contributed by atoms with E-state index >= 15 is 0 Å². The lowest BCUT2D eigenvalue weighted by Gasteiger charge is -2.03. The third-order valence-corrected chi connectivity index (χ3v) is 1.70. The maximum absolute atomic E-state index is 12.9. The van der Waals surface area contributed by atoms with Crippen LogP contribution in [-0.4, -0.2) is 18.4 Å². The van der Waals surface area contributed by atoms with Crippen molar-refractivity contribution >= 4 is 0 Å². The topological polar surface area (TPSA) is 32.3 Å². The Hall–Kier alpha value is -1.00. The van der Waals surface area contributed by atoms with Crippen LogP contribution in [0.25, 0.3) is 0 Å². The standard InChI is InChI=1S/C9H11F2NO/c10-8-2-1-7(9(11)5-8)3-4-12-6-13/h1-2,5,12-13H,3-4,6H2. The van der Waals surface area contributed by atoms with Crippen LogP contribution >= 0.6 is 0 Å². The molecule has 2 N–H and O–H groups in total. The van der Waals surface area contributed by atoms with Gasteiger partial charge < -0.3 is 5.11 Å². The minimum absolute atomic E-state index is 0.136. The first-order valence-electron chi connectivity index (χ1n) is 3.99. The molecular weight excluding hydrogens is 176 g/mol. The summed E-state index contributed by atoms with van der Waals surface area (Å²) in [5.74, 6) is -1.11. The number of hydrogen-bond acceptors (Lipinski definition) is 2. The van der Waals surface area contributed by atoms with Crippen molar-refractivity contribution in [3.8, 4) is 0 Å². The molecule has 0 saturated heterocycles. The first kappa shape index (κ1) is 10.1. The summed E-state index contributed by atoms with van der Waals surface area (Å²) in [5, 5.41) is 11.0. The zero-order valence-electron chi connectivity index (χ0n) is 7.06. The fraction of sp³-hybridized carbons (Fsp3) is 0.333. The third-order valence-electron chi connectivity index (χ3n) is 1.70. The number of hydrogen-bond donors (Lipinski definition) is 2. The summed E-state index contributed by atoms with van der Waals surface area (Å²) in [4.78, 5) is 0. The van der Waals surface area contributed by atoms with Crippen molar-refractivity contribution in [1.82, 2.24) is 5.32 Å². The summed E-state index contributed by atoms with van der Waals surface area (Å²) in [5.41, 5.74) is 0.447. The highest BCUT2D eigenvalue weighted by molar-refractivity contribution is 5.18. The van der Waals surface area contributed by atoms with Crippen molar-refractivity contribution in [3.05, 3.63) is 35.4 Å². The van der Waals surface area contributed by atoms with Crippen LogP contribution in [0.5, 0.6) is 0 Å². The molecule has 0 radical (unpaired) electrons. The molecule has 2 nitrogen and oxygen atoms in total. The van der Waals surface area contributed by atoms with E-state index in [-0.39, 0.29) is 6.73 Å². The van der Waals surface area contributed by atoms with Gasteiger partial charge in [0, 0.05) is 12.6 Å². The molecule has 0 heterocycles. The van der Waals surface area contributed by atoms with Crippen molar-refractivity contribution < 1.29 is 13.9 Å². The minimum atomic E-state index is -0.573. The van der Waals surface area contributed by atoms with Gasteiger partial charge in [-0.15, -0.1) is 0 Å². The Morgan fingerprint density at radius 1 is 1.31 bits per heavy atom. The van der Waals surface area contributed by atoms with Crippen molar-refractivity contribution in [2.45, 2.75) is 6.42 Å². The Labute approximate surface area is 75.2 Å². The average Bonchev–Trinajstić information content (AvgIpc) is 2.09. The second-order valence-corrected chi connectivity index (χ2v) is 2.64. The molecule has 0 bridgehead atoms. The van der Waals surface area contributed by atoms with E-state index in [9.17, 15) is 8.78 Å². The number of halogens is 2. The van der Waals surface area contributed by atoms with Crippen LogP contribution in [0.2, 0.25) is 0 Å². The Morgan fingerprint density at radius 3 is 2.69 bits per heavy atom. The summed E-state index contributed by atoms with van der Waals surface area (Å²) < 4.78 is 25.4. The summed E-state index contributed by atoms with van der Waals surface area (Å²) in [7, 11) is 0. The Kier molecular flexibility index (Phi) is 3.79. The van der Waals surface area contributed by atoms with Gasteiger partial charge >= 0.3 is 0 Å². The fourth-order valence-electron chi connectivity index (χ4n) is 1.03. The van der Waals surface area contributed by atoms with Gasteiger partial charge in [0.2, 0.25) is 0 Å². The van der Waals surface area contributed by atoms with Crippen molar-refractivity contribution in [1.29, 1.82) is 0 Å². The maximum atomic E-state index is 12.9. The van der Waals surface area contributed by atoms with Crippen LogP contribution in [0.1, 0.15) is 5.56 Å². The molecule has 0 aliphatic rings. The third kappa shape index (κ3) is 3.08. The highest BCUT2D eigenvalue weighted by Crippen LogP contribution is 2.09. The first-order chi connectivity index (χ1) is 6.24. The summed E-state index contributed by atoms with van der Waals surface area (Å²) in [6, 6.07) is 3.48. The molecule has 0 aliphatic carbocycles. The molecule has 0 spiro atoms. The van der Waals surface area contributed by atoms with Gasteiger partial charge in [-0.05, 0) is 18.1 Å². The SMILES string of the molecule is OCNCCc1ccc(F)cc1F. The molecule has 0 atom stereocenters. The van der Waals surface area contributed by atoms with Crippen LogP contribution in [0, 0.1) is 11.6 Å². The van der Waals surface area contributed by atoms with E-state index in [1.54, 1.807) is 0 Å². The number of aliphatic hydroxyl groups excluding tert-OH is 1. The van der Waals surface area contributed by atoms with Gasteiger partial charge in [-0.2, -0.15) is 0 Å². The normalized spacial score (nSPS) is 10.4. The van der Waals surface area contributed by atoms with Gasteiger partial charge in [-0.3, -0.25) is 5.32 Å². The molecule has 0 unspecified atom stereocenters. The predicted molar refractivity (Wildman–Crippen MR) is 45.2 cm³/mol. The van der Waals surface area contributed by atoms with Gasteiger partial charge in [0.15, 0.2) is 0 Å². The molecule has 1 aromatic carbocycles. The van der Waals surface area contributed by atoms with Gasteiger partial charge in [0.1, 0.15) is 11.6 Å². The van der Waals surface area contributed by atoms with Crippen LogP contribution in [0.4, 0.5) is 8.78 Å². The van der Waals surface area contributed by atoms with E-state index in [0.717, 1.165) is 6.07 Å². The number of aliphatic hydroxyl groups is 1. The number of rotatable bonds is 4. The van der Waals surface area contributed by atoms with E-state index in [4.69, 9.17) is 5.11 Å². The molecule has 4 heteroatoms. The summed E-state index contributed by atoms with van der Waals surface area (Å²) >= 11 is 0. The zero-order valence-corrected chi connectivity index (χ0v) is 7.06. The van der Waals surface area contributed by atoms with E-state index < -0.39 is 11.6 Å². The van der Waals surface area contributed by atoms with Gasteiger partial charge in [0.25, 0.3) is 0 Å². The second kappa shape index (κ2) is 4.89. The monoisotopic (exact) mass is 187 g/mol. The molecule has 13 heavy (non-hydrogen) atoms.